The molecule has 90 valence electrons. The molecule has 2 aromatic rings. The molecule has 0 aliphatic carbocycles. The number of para-hydroxylation sites is 1. The van der Waals surface area contributed by atoms with E-state index in [2.05, 4.69) is 9.72 Å². The van der Waals surface area contributed by atoms with Gasteiger partial charge in [0, 0.05) is 16.5 Å². The van der Waals surface area contributed by atoms with Crippen LogP contribution in [0.25, 0.3) is 10.9 Å². The van der Waals surface area contributed by atoms with Crippen molar-refractivity contribution in [3.05, 3.63) is 35.0 Å². The first-order chi connectivity index (χ1) is 8.13. The molecule has 17 heavy (non-hydrogen) atoms. The van der Waals surface area contributed by atoms with Gasteiger partial charge in [0.05, 0.1) is 13.5 Å². The van der Waals surface area contributed by atoms with Gasteiger partial charge in [0.2, 0.25) is 0 Å². The molecule has 4 heteroatoms. The zero-order valence-corrected chi connectivity index (χ0v) is 10.5. The molecule has 1 unspecified atom stereocenters. The van der Waals surface area contributed by atoms with Crippen molar-refractivity contribution in [3.63, 3.8) is 0 Å². The van der Waals surface area contributed by atoms with Gasteiger partial charge in [0.1, 0.15) is 5.15 Å². The van der Waals surface area contributed by atoms with Gasteiger partial charge in [-0.15, -0.1) is 0 Å². The first-order valence-corrected chi connectivity index (χ1v) is 5.84. The lowest BCUT2D eigenvalue weighted by molar-refractivity contribution is -0.140. The minimum atomic E-state index is -0.223. The van der Waals surface area contributed by atoms with Gasteiger partial charge in [-0.25, -0.2) is 0 Å². The largest absolute Gasteiger partial charge is 0.469 e. The second-order valence-corrected chi connectivity index (χ2v) is 4.46. The Hall–Kier alpha value is -1.48. The zero-order chi connectivity index (χ0) is 12.4. The lowest BCUT2D eigenvalue weighted by atomic mass is 9.97. The van der Waals surface area contributed by atoms with Gasteiger partial charge in [-0.1, -0.05) is 36.7 Å². The molecule has 1 aromatic carbocycles. The number of hydrogen-bond acceptors (Lipinski definition) is 2. The van der Waals surface area contributed by atoms with Crippen LogP contribution in [-0.2, 0) is 9.53 Å². The maximum absolute atomic E-state index is 11.3. The molecule has 0 aliphatic rings. The van der Waals surface area contributed by atoms with Crippen LogP contribution in [0, 0.1) is 0 Å². The number of esters is 1. The van der Waals surface area contributed by atoms with E-state index in [-0.39, 0.29) is 11.9 Å². The molecule has 0 bridgehead atoms. The third-order valence-corrected chi connectivity index (χ3v) is 3.19. The van der Waals surface area contributed by atoms with E-state index in [1.54, 1.807) is 0 Å². The summed E-state index contributed by atoms with van der Waals surface area (Å²) in [6.07, 6.45) is 0.331. The van der Waals surface area contributed by atoms with Crippen LogP contribution in [0.3, 0.4) is 0 Å². The van der Waals surface area contributed by atoms with Gasteiger partial charge in [-0.05, 0) is 12.0 Å². The Morgan fingerprint density at radius 3 is 2.88 bits per heavy atom. The summed E-state index contributed by atoms with van der Waals surface area (Å²) in [5.41, 5.74) is 1.97. The van der Waals surface area contributed by atoms with Crippen LogP contribution in [-0.4, -0.2) is 18.1 Å². The average molecular weight is 252 g/mol. The number of carbonyl (C=O) groups excluding carboxylic acids is 1. The molecule has 0 amide bonds. The first kappa shape index (κ1) is 12.0. The molecule has 0 spiro atoms. The van der Waals surface area contributed by atoms with Gasteiger partial charge >= 0.3 is 5.97 Å². The quantitative estimate of drug-likeness (QED) is 0.849. The molecule has 1 atom stereocenters. The Morgan fingerprint density at radius 2 is 2.18 bits per heavy atom. The minimum absolute atomic E-state index is 0.0334. The van der Waals surface area contributed by atoms with E-state index < -0.39 is 0 Å². The van der Waals surface area contributed by atoms with Crippen molar-refractivity contribution >= 4 is 28.5 Å². The summed E-state index contributed by atoms with van der Waals surface area (Å²) in [5.74, 6) is -0.190. The van der Waals surface area contributed by atoms with Crippen LogP contribution in [0.5, 0.6) is 0 Å². The van der Waals surface area contributed by atoms with Crippen molar-refractivity contribution in [2.24, 2.45) is 0 Å². The minimum Gasteiger partial charge on any atom is -0.469 e. The van der Waals surface area contributed by atoms with Crippen LogP contribution in [0.1, 0.15) is 24.8 Å². The summed E-state index contributed by atoms with van der Waals surface area (Å²) < 4.78 is 4.68. The average Bonchev–Trinajstić information content (AvgIpc) is 2.64. The van der Waals surface area contributed by atoms with Crippen molar-refractivity contribution in [3.8, 4) is 0 Å². The monoisotopic (exact) mass is 251 g/mol. The standard InChI is InChI=1S/C13H14ClNO2/c1-8(7-11(16)17-2)12-9-5-3-4-6-10(9)15-13(12)14/h3-6,8,15H,7H2,1-2H3. The Labute approximate surface area is 105 Å². The summed E-state index contributed by atoms with van der Waals surface area (Å²) in [6.45, 7) is 1.97. The van der Waals surface area contributed by atoms with Crippen molar-refractivity contribution in [1.82, 2.24) is 4.98 Å². The van der Waals surface area contributed by atoms with Gasteiger partial charge in [0.15, 0.2) is 0 Å². The fourth-order valence-corrected chi connectivity index (χ4v) is 2.44. The van der Waals surface area contributed by atoms with Crippen LogP contribution in [0.2, 0.25) is 5.15 Å². The van der Waals surface area contributed by atoms with Gasteiger partial charge < -0.3 is 9.72 Å². The molecule has 1 aromatic heterocycles. The number of methoxy groups -OCH3 is 1. The van der Waals surface area contributed by atoms with Crippen LogP contribution >= 0.6 is 11.6 Å². The number of aromatic nitrogens is 1. The topological polar surface area (TPSA) is 42.1 Å². The van der Waals surface area contributed by atoms with E-state index in [4.69, 9.17) is 11.6 Å². The Morgan fingerprint density at radius 1 is 1.47 bits per heavy atom. The third kappa shape index (κ3) is 2.29. The molecule has 0 fully saturated rings. The number of benzene rings is 1. The molecular formula is C13H14ClNO2. The molecule has 0 saturated carbocycles. The number of rotatable bonds is 3. The second-order valence-electron chi connectivity index (χ2n) is 4.08. The first-order valence-electron chi connectivity index (χ1n) is 5.46. The second kappa shape index (κ2) is 4.80. The highest BCUT2D eigenvalue weighted by molar-refractivity contribution is 6.31. The van der Waals surface area contributed by atoms with Gasteiger partial charge in [-0.3, -0.25) is 4.79 Å². The zero-order valence-electron chi connectivity index (χ0n) is 9.79. The molecule has 3 nitrogen and oxygen atoms in total. The highest BCUT2D eigenvalue weighted by Gasteiger charge is 2.18. The fraction of sp³-hybridized carbons (Fsp3) is 0.308. The molecular weight excluding hydrogens is 238 g/mol. The molecule has 0 saturated heterocycles. The van der Waals surface area contributed by atoms with E-state index in [1.807, 2.05) is 31.2 Å². The number of aromatic amines is 1. The van der Waals surface area contributed by atoms with Crippen molar-refractivity contribution in [2.45, 2.75) is 19.3 Å². The van der Waals surface area contributed by atoms with E-state index in [1.165, 1.54) is 7.11 Å². The Bertz CT molecular complexity index is 547. The van der Waals surface area contributed by atoms with Crippen molar-refractivity contribution < 1.29 is 9.53 Å². The number of H-pyrrole nitrogens is 1. The Kier molecular flexibility index (Phi) is 3.38. The predicted octanol–water partition coefficient (Wildman–Crippen LogP) is 3.49. The third-order valence-electron chi connectivity index (χ3n) is 2.89. The number of halogens is 1. The SMILES string of the molecule is COC(=O)CC(C)c1c(Cl)[nH]c2ccccc12. The lowest BCUT2D eigenvalue weighted by Crippen LogP contribution is -2.06. The van der Waals surface area contributed by atoms with Crippen LogP contribution in [0.4, 0.5) is 0 Å². The summed E-state index contributed by atoms with van der Waals surface area (Å²) in [6, 6.07) is 7.88. The predicted molar refractivity (Wildman–Crippen MR) is 68.4 cm³/mol. The Balaban J connectivity index is 2.40. The van der Waals surface area contributed by atoms with Crippen LogP contribution < -0.4 is 0 Å². The summed E-state index contributed by atoms with van der Waals surface area (Å²) in [5, 5.41) is 1.66. The number of nitrogens with one attached hydrogen (secondary N) is 1. The number of fused-ring (bicyclic) bond motifs is 1. The highest BCUT2D eigenvalue weighted by atomic mass is 35.5. The molecule has 0 radical (unpaired) electrons. The highest BCUT2D eigenvalue weighted by Crippen LogP contribution is 2.33. The normalized spacial score (nSPS) is 12.6. The van der Waals surface area contributed by atoms with Gasteiger partial charge in [0.25, 0.3) is 0 Å². The van der Waals surface area contributed by atoms with E-state index in [0.29, 0.717) is 11.6 Å². The van der Waals surface area contributed by atoms with E-state index in [9.17, 15) is 4.79 Å². The molecule has 0 aliphatic heterocycles. The number of ether oxygens (including phenoxy) is 1. The maximum atomic E-state index is 11.3. The smallest absolute Gasteiger partial charge is 0.306 e. The summed E-state index contributed by atoms with van der Waals surface area (Å²) in [4.78, 5) is 14.4. The fourth-order valence-electron chi connectivity index (χ4n) is 2.05. The van der Waals surface area contributed by atoms with E-state index in [0.717, 1.165) is 16.5 Å². The number of carbonyl (C=O) groups is 1. The lowest BCUT2D eigenvalue weighted by Gasteiger charge is -2.09. The molecule has 1 heterocycles. The summed E-state index contributed by atoms with van der Waals surface area (Å²) in [7, 11) is 1.39. The summed E-state index contributed by atoms with van der Waals surface area (Å²) >= 11 is 6.18. The van der Waals surface area contributed by atoms with Crippen molar-refractivity contribution in [2.75, 3.05) is 7.11 Å². The maximum Gasteiger partial charge on any atom is 0.306 e. The number of hydrogen-bond donors (Lipinski definition) is 1. The van der Waals surface area contributed by atoms with Crippen LogP contribution in [0.15, 0.2) is 24.3 Å². The van der Waals surface area contributed by atoms with Gasteiger partial charge in [-0.2, -0.15) is 0 Å². The van der Waals surface area contributed by atoms with Crippen molar-refractivity contribution in [1.29, 1.82) is 0 Å². The van der Waals surface area contributed by atoms with E-state index >= 15 is 0 Å². The molecule has 2 rings (SSSR count). The molecule has 1 N–H and O–H groups in total.